The van der Waals surface area contributed by atoms with E-state index in [1.165, 1.54) is 0 Å². The van der Waals surface area contributed by atoms with Crippen molar-refractivity contribution in [1.82, 2.24) is 0 Å². The number of sulfone groups is 1. The lowest BCUT2D eigenvalue weighted by Gasteiger charge is -2.12. The van der Waals surface area contributed by atoms with Gasteiger partial charge in [-0.2, -0.15) is 0 Å². The molecule has 0 aromatic heterocycles. The minimum absolute atomic E-state index is 0.0114. The second-order valence-corrected chi connectivity index (χ2v) is 7.17. The first-order valence-corrected chi connectivity index (χ1v) is 7.25. The fourth-order valence-electron chi connectivity index (χ4n) is 3.15. The molecule has 4 nitrogen and oxygen atoms in total. The second kappa shape index (κ2) is 2.96. The minimum Gasteiger partial charge on any atom is -0.371 e. The van der Waals surface area contributed by atoms with Gasteiger partial charge in [0.1, 0.15) is 6.10 Å². The number of hydrogen-bond donors (Lipinski definition) is 0. The fourth-order valence-corrected chi connectivity index (χ4v) is 5.50. The summed E-state index contributed by atoms with van der Waals surface area (Å²) in [6, 6.07) is 0. The van der Waals surface area contributed by atoms with Crippen molar-refractivity contribution in [2.24, 2.45) is 5.92 Å². The van der Waals surface area contributed by atoms with Crippen LogP contribution in [-0.2, 0) is 19.3 Å². The molecular weight excluding hydrogens is 216 g/mol. The van der Waals surface area contributed by atoms with E-state index in [1.807, 2.05) is 13.8 Å². The molecule has 5 heteroatoms. The monoisotopic (exact) mass is 232 g/mol. The molecule has 0 amide bonds. The molecule has 86 valence electrons. The molecule has 0 radical (unpaired) electrons. The summed E-state index contributed by atoms with van der Waals surface area (Å²) in [5.74, 6) is 0.494. The maximum atomic E-state index is 11.8. The molecular formula is C10H16O4S. The largest absolute Gasteiger partial charge is 0.371 e. The molecule has 6 atom stereocenters. The summed E-state index contributed by atoms with van der Waals surface area (Å²) in [6.07, 6.45) is 0.968. The van der Waals surface area contributed by atoms with Crippen molar-refractivity contribution in [1.29, 1.82) is 0 Å². The zero-order valence-electron chi connectivity index (χ0n) is 8.92. The van der Waals surface area contributed by atoms with Gasteiger partial charge in [-0.15, -0.1) is 0 Å². The number of ether oxygens (including phenoxy) is 2. The predicted molar refractivity (Wildman–Crippen MR) is 54.4 cm³/mol. The minimum atomic E-state index is -2.91. The van der Waals surface area contributed by atoms with Gasteiger partial charge in [-0.1, -0.05) is 0 Å². The van der Waals surface area contributed by atoms with Crippen LogP contribution in [0, 0.1) is 5.92 Å². The van der Waals surface area contributed by atoms with Gasteiger partial charge in [-0.05, 0) is 20.3 Å². The van der Waals surface area contributed by atoms with Crippen LogP contribution in [0.25, 0.3) is 0 Å². The first kappa shape index (κ1) is 10.1. The van der Waals surface area contributed by atoms with Crippen molar-refractivity contribution in [3.63, 3.8) is 0 Å². The number of hydrogen-bond acceptors (Lipinski definition) is 4. The van der Waals surface area contributed by atoms with E-state index in [-0.39, 0.29) is 35.6 Å². The Balaban J connectivity index is 1.87. The molecule has 0 bridgehead atoms. The highest BCUT2D eigenvalue weighted by atomic mass is 32.2. The Hall–Kier alpha value is -0.130. The van der Waals surface area contributed by atoms with Crippen LogP contribution in [-0.4, -0.2) is 43.8 Å². The number of fused-ring (bicyclic) bond motifs is 1. The molecule has 0 N–H and O–H groups in total. The molecule has 0 aromatic rings. The molecule has 3 aliphatic rings. The third-order valence-corrected chi connectivity index (χ3v) is 6.28. The van der Waals surface area contributed by atoms with E-state index >= 15 is 0 Å². The molecule has 3 fully saturated rings. The summed E-state index contributed by atoms with van der Waals surface area (Å²) in [7, 11) is -2.91. The van der Waals surface area contributed by atoms with E-state index in [0.29, 0.717) is 5.75 Å². The average Bonchev–Trinajstić information content (AvgIpc) is 2.62. The van der Waals surface area contributed by atoms with Gasteiger partial charge in [0.2, 0.25) is 0 Å². The second-order valence-electron chi connectivity index (χ2n) is 4.90. The number of epoxide rings is 1. The number of rotatable bonds is 1. The summed E-state index contributed by atoms with van der Waals surface area (Å²) >= 11 is 0. The predicted octanol–water partition coefficient (Wildman–Crippen LogP) is 0.364. The quantitative estimate of drug-likeness (QED) is 0.613. The smallest absolute Gasteiger partial charge is 0.156 e. The van der Waals surface area contributed by atoms with Gasteiger partial charge in [0.15, 0.2) is 9.84 Å². The van der Waals surface area contributed by atoms with Crippen LogP contribution in [0.2, 0.25) is 0 Å². The first-order chi connectivity index (χ1) is 7.00. The Bertz CT molecular complexity index is 377. The lowest BCUT2D eigenvalue weighted by Crippen LogP contribution is -2.29. The van der Waals surface area contributed by atoms with Crippen LogP contribution in [0.1, 0.15) is 20.3 Å². The zero-order chi connectivity index (χ0) is 10.8. The summed E-state index contributed by atoms with van der Waals surface area (Å²) in [5.41, 5.74) is 0. The van der Waals surface area contributed by atoms with Gasteiger partial charge in [0, 0.05) is 5.92 Å². The lowest BCUT2D eigenvalue weighted by molar-refractivity contribution is 0.0246. The molecule has 3 saturated heterocycles. The molecule has 0 saturated carbocycles. The normalized spacial score (nSPS) is 56.7. The third-order valence-electron chi connectivity index (χ3n) is 3.91. The van der Waals surface area contributed by atoms with E-state index in [0.717, 1.165) is 6.42 Å². The third kappa shape index (κ3) is 1.36. The van der Waals surface area contributed by atoms with Crippen molar-refractivity contribution in [2.45, 2.75) is 49.9 Å². The standard InChI is InChI=1S/C10H16O4S/c1-5-8(13-5)9-7-3-4-15(11,12)10(7)6(2)14-9/h5-10H,3-4H2,1-2H3. The van der Waals surface area contributed by atoms with Gasteiger partial charge in [-0.25, -0.2) is 8.42 Å². The van der Waals surface area contributed by atoms with Crippen LogP contribution in [0.4, 0.5) is 0 Å². The first-order valence-electron chi connectivity index (χ1n) is 5.53. The van der Waals surface area contributed by atoms with Crippen molar-refractivity contribution in [2.75, 3.05) is 5.75 Å². The van der Waals surface area contributed by atoms with Crippen molar-refractivity contribution in [3.05, 3.63) is 0 Å². The van der Waals surface area contributed by atoms with Gasteiger partial charge in [-0.3, -0.25) is 0 Å². The van der Waals surface area contributed by atoms with E-state index in [1.54, 1.807) is 0 Å². The summed E-state index contributed by atoms with van der Waals surface area (Å²) in [4.78, 5) is 0. The molecule has 0 aliphatic carbocycles. The topological polar surface area (TPSA) is 55.9 Å². The molecule has 6 unspecified atom stereocenters. The summed E-state index contributed by atoms with van der Waals surface area (Å²) in [6.45, 7) is 3.88. The SMILES string of the molecule is CC1OC1C1OC(C)C2C1CCS2(=O)=O. The molecule has 3 rings (SSSR count). The Labute approximate surface area is 89.9 Å². The van der Waals surface area contributed by atoms with Crippen molar-refractivity contribution in [3.8, 4) is 0 Å². The Kier molecular flexibility index (Phi) is 1.98. The summed E-state index contributed by atoms with van der Waals surface area (Å²) < 4.78 is 34.8. The van der Waals surface area contributed by atoms with Gasteiger partial charge in [0.05, 0.1) is 29.3 Å². The molecule has 0 spiro atoms. The van der Waals surface area contributed by atoms with Gasteiger partial charge in [0.25, 0.3) is 0 Å². The van der Waals surface area contributed by atoms with Gasteiger partial charge >= 0.3 is 0 Å². The fraction of sp³-hybridized carbons (Fsp3) is 1.00. The Morgan fingerprint density at radius 3 is 2.27 bits per heavy atom. The van der Waals surface area contributed by atoms with Crippen molar-refractivity contribution < 1.29 is 17.9 Å². The molecule has 15 heavy (non-hydrogen) atoms. The van der Waals surface area contributed by atoms with E-state index < -0.39 is 9.84 Å². The van der Waals surface area contributed by atoms with Crippen LogP contribution in [0.15, 0.2) is 0 Å². The van der Waals surface area contributed by atoms with Crippen molar-refractivity contribution >= 4 is 9.84 Å². The van der Waals surface area contributed by atoms with Gasteiger partial charge < -0.3 is 9.47 Å². The average molecular weight is 232 g/mol. The van der Waals surface area contributed by atoms with Crippen LogP contribution < -0.4 is 0 Å². The van der Waals surface area contributed by atoms with Crippen LogP contribution in [0.5, 0.6) is 0 Å². The maximum Gasteiger partial charge on any atom is 0.156 e. The molecule has 0 aromatic carbocycles. The Morgan fingerprint density at radius 2 is 1.67 bits per heavy atom. The van der Waals surface area contributed by atoms with Crippen LogP contribution >= 0.6 is 0 Å². The van der Waals surface area contributed by atoms with E-state index in [9.17, 15) is 8.42 Å². The van der Waals surface area contributed by atoms with E-state index in [2.05, 4.69) is 0 Å². The van der Waals surface area contributed by atoms with E-state index in [4.69, 9.17) is 9.47 Å². The molecule has 3 heterocycles. The van der Waals surface area contributed by atoms with Crippen LogP contribution in [0.3, 0.4) is 0 Å². The highest BCUT2D eigenvalue weighted by molar-refractivity contribution is 7.92. The Morgan fingerprint density at radius 1 is 1.07 bits per heavy atom. The highest BCUT2D eigenvalue weighted by Crippen LogP contribution is 2.45. The molecule has 3 aliphatic heterocycles. The lowest BCUT2D eigenvalue weighted by atomic mass is 9.94. The highest BCUT2D eigenvalue weighted by Gasteiger charge is 2.59. The zero-order valence-corrected chi connectivity index (χ0v) is 9.74. The maximum absolute atomic E-state index is 11.8. The summed E-state index contributed by atoms with van der Waals surface area (Å²) in [5, 5.41) is -0.279.